The molecule has 7 heteroatoms. The number of carbonyl (C=O) groups excluding carboxylic acids is 1. The van der Waals surface area contributed by atoms with Crippen LogP contribution in [0.5, 0.6) is 0 Å². The van der Waals surface area contributed by atoms with Crippen LogP contribution < -0.4 is 10.6 Å². The van der Waals surface area contributed by atoms with Crippen molar-refractivity contribution in [1.82, 2.24) is 19.8 Å². The van der Waals surface area contributed by atoms with Gasteiger partial charge in [0.2, 0.25) is 5.91 Å². The number of thiocarbonyl (C=S) groups is 1. The number of hydrogen-bond acceptors (Lipinski definition) is 3. The Hall–Kier alpha value is -3.19. The van der Waals surface area contributed by atoms with E-state index in [0.717, 1.165) is 16.9 Å². The lowest BCUT2D eigenvalue weighted by molar-refractivity contribution is -0.116. The highest BCUT2D eigenvalue weighted by atomic mass is 32.1. The van der Waals surface area contributed by atoms with E-state index in [1.54, 1.807) is 0 Å². The molecular weight excluding hydrogens is 442 g/mol. The molecule has 1 amide bonds. The fraction of sp³-hybridized carbons (Fsp3) is 0.370. The molecule has 2 fully saturated rings. The normalized spacial score (nSPS) is 19.9. The molecule has 1 saturated heterocycles. The molecule has 1 aliphatic heterocycles. The number of amides is 1. The van der Waals surface area contributed by atoms with Gasteiger partial charge in [-0.1, -0.05) is 24.3 Å². The van der Waals surface area contributed by atoms with E-state index in [2.05, 4.69) is 45.0 Å². The number of aryl methyl sites for hydroxylation is 2. The SMILES string of the molecule is Cc1ccccc1NC(=O)CCN1C(=S)N[C@H](c2ccccn2)[C@@H]1c1cc(C)n(C2CC2)c1C. The fourth-order valence-electron chi connectivity index (χ4n) is 5.13. The van der Waals surface area contributed by atoms with Crippen molar-refractivity contribution in [2.75, 3.05) is 11.9 Å². The number of benzene rings is 1. The molecule has 1 aliphatic carbocycles. The van der Waals surface area contributed by atoms with Crippen LogP contribution in [0.15, 0.2) is 54.7 Å². The summed E-state index contributed by atoms with van der Waals surface area (Å²) in [6.07, 6.45) is 4.65. The first kappa shape index (κ1) is 22.6. The fourth-order valence-corrected chi connectivity index (χ4v) is 5.46. The maximum absolute atomic E-state index is 12.8. The van der Waals surface area contributed by atoms with E-state index in [4.69, 9.17) is 12.2 Å². The van der Waals surface area contributed by atoms with E-state index in [1.165, 1.54) is 29.8 Å². The lowest BCUT2D eigenvalue weighted by Gasteiger charge is -2.28. The summed E-state index contributed by atoms with van der Waals surface area (Å²) in [4.78, 5) is 19.6. The van der Waals surface area contributed by atoms with Crippen molar-refractivity contribution in [1.29, 1.82) is 0 Å². The Balaban J connectivity index is 1.42. The summed E-state index contributed by atoms with van der Waals surface area (Å²) in [7, 11) is 0. The summed E-state index contributed by atoms with van der Waals surface area (Å²) in [5.41, 5.74) is 6.68. The summed E-state index contributed by atoms with van der Waals surface area (Å²) < 4.78 is 2.47. The highest BCUT2D eigenvalue weighted by Crippen LogP contribution is 2.44. The summed E-state index contributed by atoms with van der Waals surface area (Å²) in [5, 5.41) is 7.22. The summed E-state index contributed by atoms with van der Waals surface area (Å²) >= 11 is 5.79. The Bertz CT molecular complexity index is 1220. The van der Waals surface area contributed by atoms with E-state index in [-0.39, 0.29) is 18.0 Å². The third-order valence-corrected chi connectivity index (χ3v) is 7.30. The first-order valence-electron chi connectivity index (χ1n) is 12.0. The second kappa shape index (κ2) is 9.22. The number of hydrogen-bond donors (Lipinski definition) is 2. The van der Waals surface area contributed by atoms with Crippen LogP contribution in [0.2, 0.25) is 0 Å². The Morgan fingerprint density at radius 1 is 1.15 bits per heavy atom. The second-order valence-corrected chi connectivity index (χ2v) is 9.75. The van der Waals surface area contributed by atoms with E-state index in [0.29, 0.717) is 24.1 Å². The minimum Gasteiger partial charge on any atom is -0.352 e. The van der Waals surface area contributed by atoms with Gasteiger partial charge in [-0.05, 0) is 81.2 Å². The van der Waals surface area contributed by atoms with Crippen LogP contribution >= 0.6 is 12.2 Å². The standard InChI is InChI=1S/C27H31N5OS/c1-17-8-4-5-9-22(17)29-24(33)13-15-31-26(21-16-18(2)32(19(21)3)20-11-12-20)25(30-27(31)34)23-10-6-7-14-28-23/h4-10,14,16,20,25-26H,11-13,15H2,1-3H3,(H,29,33)(H,30,34)/t25-,26+/m1/s1. The van der Waals surface area contributed by atoms with E-state index >= 15 is 0 Å². The average Bonchev–Trinajstić information content (AvgIpc) is 3.54. The van der Waals surface area contributed by atoms with Crippen LogP contribution in [0, 0.1) is 20.8 Å². The Labute approximate surface area is 206 Å². The minimum atomic E-state index is -0.0683. The number of carbonyl (C=O) groups is 1. The van der Waals surface area contributed by atoms with Gasteiger partial charge in [-0.25, -0.2) is 0 Å². The summed E-state index contributed by atoms with van der Waals surface area (Å²) in [6, 6.07) is 16.6. The van der Waals surface area contributed by atoms with Gasteiger partial charge in [-0.3, -0.25) is 9.78 Å². The maximum Gasteiger partial charge on any atom is 0.226 e. The van der Waals surface area contributed by atoms with Crippen LogP contribution in [-0.2, 0) is 4.79 Å². The minimum absolute atomic E-state index is 0.0133. The Morgan fingerprint density at radius 2 is 1.91 bits per heavy atom. The third-order valence-electron chi connectivity index (χ3n) is 6.95. The number of pyridine rings is 1. The van der Waals surface area contributed by atoms with E-state index in [1.807, 2.05) is 55.6 Å². The van der Waals surface area contributed by atoms with Gasteiger partial charge in [0.1, 0.15) is 0 Å². The van der Waals surface area contributed by atoms with Gasteiger partial charge in [-0.2, -0.15) is 0 Å². The van der Waals surface area contributed by atoms with E-state index < -0.39 is 0 Å². The molecule has 5 rings (SSSR count). The number of aromatic nitrogens is 2. The highest BCUT2D eigenvalue weighted by molar-refractivity contribution is 7.80. The zero-order valence-electron chi connectivity index (χ0n) is 19.9. The first-order chi connectivity index (χ1) is 16.4. The number of nitrogens with zero attached hydrogens (tertiary/aromatic N) is 3. The van der Waals surface area contributed by atoms with Crippen molar-refractivity contribution in [3.63, 3.8) is 0 Å². The van der Waals surface area contributed by atoms with Crippen LogP contribution in [0.1, 0.15) is 65.6 Å². The molecule has 3 aromatic rings. The van der Waals surface area contributed by atoms with Crippen LogP contribution in [0.25, 0.3) is 0 Å². The predicted molar refractivity (Wildman–Crippen MR) is 139 cm³/mol. The van der Waals surface area contributed by atoms with Crippen molar-refractivity contribution in [3.05, 3.63) is 82.9 Å². The molecule has 6 nitrogen and oxygen atoms in total. The smallest absolute Gasteiger partial charge is 0.226 e. The van der Waals surface area contributed by atoms with Gasteiger partial charge < -0.3 is 20.1 Å². The Kier molecular flexibility index (Phi) is 6.13. The van der Waals surface area contributed by atoms with Crippen molar-refractivity contribution in [2.24, 2.45) is 0 Å². The number of rotatable bonds is 7. The van der Waals surface area contributed by atoms with Gasteiger partial charge in [0.25, 0.3) is 0 Å². The van der Waals surface area contributed by atoms with E-state index in [9.17, 15) is 4.79 Å². The molecule has 3 heterocycles. The molecular formula is C27H31N5OS. The molecule has 0 unspecified atom stereocenters. The lowest BCUT2D eigenvalue weighted by atomic mass is 9.96. The van der Waals surface area contributed by atoms with Crippen LogP contribution in [0.4, 0.5) is 5.69 Å². The van der Waals surface area contributed by atoms with Crippen LogP contribution in [-0.4, -0.2) is 32.0 Å². The monoisotopic (exact) mass is 473 g/mol. The molecule has 34 heavy (non-hydrogen) atoms. The molecule has 2 atom stereocenters. The third kappa shape index (κ3) is 4.32. The first-order valence-corrected chi connectivity index (χ1v) is 12.4. The zero-order chi connectivity index (χ0) is 23.8. The van der Waals surface area contributed by atoms with Crippen LogP contribution in [0.3, 0.4) is 0 Å². The number of para-hydroxylation sites is 1. The number of anilines is 1. The van der Waals surface area contributed by atoms with Crippen molar-refractivity contribution in [3.8, 4) is 0 Å². The van der Waals surface area contributed by atoms with Gasteiger partial charge in [0.15, 0.2) is 5.11 Å². The number of nitrogens with one attached hydrogen (secondary N) is 2. The molecule has 0 bridgehead atoms. The van der Waals surface area contributed by atoms with Gasteiger partial charge in [0, 0.05) is 42.3 Å². The second-order valence-electron chi connectivity index (χ2n) is 9.36. The molecule has 1 aromatic carbocycles. The van der Waals surface area contributed by atoms with Crippen molar-refractivity contribution in [2.45, 2.75) is 58.2 Å². The summed E-state index contributed by atoms with van der Waals surface area (Å²) in [6.45, 7) is 6.93. The molecule has 0 radical (unpaired) electrons. The highest BCUT2D eigenvalue weighted by Gasteiger charge is 2.42. The quantitative estimate of drug-likeness (QED) is 0.465. The lowest BCUT2D eigenvalue weighted by Crippen LogP contribution is -2.33. The molecule has 176 valence electrons. The van der Waals surface area contributed by atoms with Crippen molar-refractivity contribution >= 4 is 28.9 Å². The topological polar surface area (TPSA) is 62.2 Å². The van der Waals surface area contributed by atoms with Gasteiger partial charge in [-0.15, -0.1) is 0 Å². The molecule has 2 aromatic heterocycles. The average molecular weight is 474 g/mol. The molecule has 2 aliphatic rings. The van der Waals surface area contributed by atoms with Crippen molar-refractivity contribution < 1.29 is 4.79 Å². The zero-order valence-corrected chi connectivity index (χ0v) is 20.7. The van der Waals surface area contributed by atoms with Gasteiger partial charge >= 0.3 is 0 Å². The molecule has 2 N–H and O–H groups in total. The maximum atomic E-state index is 12.8. The largest absolute Gasteiger partial charge is 0.352 e. The van der Waals surface area contributed by atoms with Gasteiger partial charge in [0.05, 0.1) is 17.8 Å². The molecule has 1 saturated carbocycles. The molecule has 0 spiro atoms. The Morgan fingerprint density at radius 3 is 2.62 bits per heavy atom. The summed E-state index contributed by atoms with van der Waals surface area (Å²) in [5.74, 6) is -0.0133. The predicted octanol–water partition coefficient (Wildman–Crippen LogP) is 5.14.